The summed E-state index contributed by atoms with van der Waals surface area (Å²) in [6.45, 7) is 4.41. The fourth-order valence-corrected chi connectivity index (χ4v) is 4.93. The van der Waals surface area contributed by atoms with E-state index in [1.54, 1.807) is 0 Å². The van der Waals surface area contributed by atoms with Gasteiger partial charge in [0.2, 0.25) is 0 Å². The predicted octanol–water partition coefficient (Wildman–Crippen LogP) is 3.80. The lowest BCUT2D eigenvalue weighted by molar-refractivity contribution is 0.284. The van der Waals surface area contributed by atoms with Crippen molar-refractivity contribution in [3.8, 4) is 0 Å². The highest BCUT2D eigenvalue weighted by molar-refractivity contribution is 7.12. The van der Waals surface area contributed by atoms with Crippen LogP contribution in [0.2, 0.25) is 0 Å². The van der Waals surface area contributed by atoms with Crippen LogP contribution in [0.25, 0.3) is 0 Å². The van der Waals surface area contributed by atoms with Gasteiger partial charge in [0, 0.05) is 15.8 Å². The van der Waals surface area contributed by atoms with Crippen molar-refractivity contribution in [1.29, 1.82) is 0 Å². The summed E-state index contributed by atoms with van der Waals surface area (Å²) in [5.74, 6) is 2.70. The second kappa shape index (κ2) is 3.85. The monoisotopic (exact) mass is 235 g/mol. The molecule has 16 heavy (non-hydrogen) atoms. The molecule has 1 aromatic heterocycles. The number of rotatable bonds is 2. The third-order valence-electron chi connectivity index (χ3n) is 4.69. The average molecular weight is 235 g/mol. The zero-order valence-electron chi connectivity index (χ0n) is 10.2. The number of hydrogen-bond donors (Lipinski definition) is 1. The lowest BCUT2D eigenvalue weighted by Gasteiger charge is -2.27. The fraction of sp³-hybridized carbons (Fsp3) is 0.714. The first-order valence-corrected chi connectivity index (χ1v) is 7.29. The molecule has 1 aromatic rings. The molecule has 2 saturated carbocycles. The maximum absolute atomic E-state index is 6.51. The highest BCUT2D eigenvalue weighted by atomic mass is 32.1. The van der Waals surface area contributed by atoms with Gasteiger partial charge in [-0.1, -0.05) is 6.42 Å². The van der Waals surface area contributed by atoms with Gasteiger partial charge in [0.1, 0.15) is 0 Å². The minimum absolute atomic E-state index is 0.306. The summed E-state index contributed by atoms with van der Waals surface area (Å²) in [6, 6.07) is 2.62. The largest absolute Gasteiger partial charge is 0.324 e. The SMILES string of the molecule is Cc1cc(C(N)C2CC3CCC2C3)c(C)s1. The summed E-state index contributed by atoms with van der Waals surface area (Å²) in [4.78, 5) is 2.85. The topological polar surface area (TPSA) is 26.0 Å². The Labute approximate surface area is 102 Å². The summed E-state index contributed by atoms with van der Waals surface area (Å²) in [7, 11) is 0. The second-order valence-electron chi connectivity index (χ2n) is 5.73. The molecule has 4 unspecified atom stereocenters. The van der Waals surface area contributed by atoms with Gasteiger partial charge < -0.3 is 5.73 Å². The Morgan fingerprint density at radius 1 is 1.31 bits per heavy atom. The van der Waals surface area contributed by atoms with Crippen LogP contribution in [0.3, 0.4) is 0 Å². The van der Waals surface area contributed by atoms with Crippen molar-refractivity contribution >= 4 is 11.3 Å². The Kier molecular flexibility index (Phi) is 2.60. The molecule has 0 spiro atoms. The molecule has 1 heterocycles. The average Bonchev–Trinajstić information content (AvgIpc) is 2.91. The van der Waals surface area contributed by atoms with E-state index in [0.29, 0.717) is 6.04 Å². The van der Waals surface area contributed by atoms with Gasteiger partial charge in [0.25, 0.3) is 0 Å². The van der Waals surface area contributed by atoms with Crippen molar-refractivity contribution < 1.29 is 0 Å². The Hall–Kier alpha value is -0.340. The smallest absolute Gasteiger partial charge is 0.0337 e. The molecule has 2 heteroatoms. The van der Waals surface area contributed by atoms with Crippen molar-refractivity contribution in [2.45, 2.75) is 45.6 Å². The third-order valence-corrected chi connectivity index (χ3v) is 5.67. The van der Waals surface area contributed by atoms with Crippen LogP contribution in [0.1, 0.15) is 47.0 Å². The van der Waals surface area contributed by atoms with E-state index in [4.69, 9.17) is 5.73 Å². The Morgan fingerprint density at radius 3 is 2.62 bits per heavy atom. The number of fused-ring (bicyclic) bond motifs is 2. The van der Waals surface area contributed by atoms with Gasteiger partial charge in [0.15, 0.2) is 0 Å². The molecule has 1 nitrogen and oxygen atoms in total. The van der Waals surface area contributed by atoms with Gasteiger partial charge in [-0.2, -0.15) is 0 Å². The third kappa shape index (κ3) is 1.63. The first-order chi connectivity index (χ1) is 7.65. The molecule has 2 fully saturated rings. The molecule has 0 saturated heterocycles. The molecule has 0 aromatic carbocycles. The van der Waals surface area contributed by atoms with Crippen molar-refractivity contribution in [1.82, 2.24) is 0 Å². The number of nitrogens with two attached hydrogens (primary N) is 1. The van der Waals surface area contributed by atoms with E-state index in [1.807, 2.05) is 11.3 Å². The molecule has 2 bridgehead atoms. The second-order valence-corrected chi connectivity index (χ2v) is 7.19. The molecule has 2 aliphatic carbocycles. The van der Waals surface area contributed by atoms with Crippen LogP contribution in [-0.2, 0) is 0 Å². The van der Waals surface area contributed by atoms with E-state index in [0.717, 1.165) is 17.8 Å². The molecule has 0 amide bonds. The van der Waals surface area contributed by atoms with Crippen LogP contribution in [0, 0.1) is 31.6 Å². The van der Waals surface area contributed by atoms with Gasteiger partial charge in [-0.05, 0) is 62.5 Å². The van der Waals surface area contributed by atoms with Crippen LogP contribution in [0.15, 0.2) is 6.07 Å². The fourth-order valence-electron chi connectivity index (χ4n) is 3.95. The zero-order valence-corrected chi connectivity index (χ0v) is 11.0. The van der Waals surface area contributed by atoms with Crippen molar-refractivity contribution in [2.24, 2.45) is 23.5 Å². The summed E-state index contributed by atoms with van der Waals surface area (Å²) >= 11 is 1.90. The lowest BCUT2D eigenvalue weighted by Crippen LogP contribution is -2.26. The molecule has 2 N–H and O–H groups in total. The highest BCUT2D eigenvalue weighted by Gasteiger charge is 2.42. The minimum atomic E-state index is 0.306. The van der Waals surface area contributed by atoms with Gasteiger partial charge in [-0.15, -0.1) is 11.3 Å². The first-order valence-electron chi connectivity index (χ1n) is 6.47. The lowest BCUT2D eigenvalue weighted by atomic mass is 9.81. The Morgan fingerprint density at radius 2 is 2.12 bits per heavy atom. The van der Waals surface area contributed by atoms with Crippen molar-refractivity contribution in [3.05, 3.63) is 21.4 Å². The molecule has 0 radical (unpaired) electrons. The van der Waals surface area contributed by atoms with Crippen molar-refractivity contribution in [2.75, 3.05) is 0 Å². The molecule has 0 aliphatic heterocycles. The van der Waals surface area contributed by atoms with Crippen LogP contribution in [-0.4, -0.2) is 0 Å². The van der Waals surface area contributed by atoms with Crippen molar-refractivity contribution in [3.63, 3.8) is 0 Å². The standard InChI is InChI=1S/C14H21NS/c1-8-5-12(9(2)16-8)14(15)13-7-10-3-4-11(13)6-10/h5,10-11,13-14H,3-4,6-7,15H2,1-2H3. The molecular formula is C14H21NS. The normalized spacial score (nSPS) is 34.6. The van der Waals surface area contributed by atoms with E-state index in [-0.39, 0.29) is 0 Å². The van der Waals surface area contributed by atoms with Gasteiger partial charge in [-0.25, -0.2) is 0 Å². The summed E-state index contributed by atoms with van der Waals surface area (Å²) in [6.07, 6.45) is 5.75. The molecule has 2 aliphatic rings. The maximum Gasteiger partial charge on any atom is 0.0337 e. The van der Waals surface area contributed by atoms with Crippen LogP contribution < -0.4 is 5.73 Å². The highest BCUT2D eigenvalue weighted by Crippen LogP contribution is 2.52. The molecule has 4 atom stereocenters. The van der Waals surface area contributed by atoms with Crippen LogP contribution >= 0.6 is 11.3 Å². The predicted molar refractivity (Wildman–Crippen MR) is 69.7 cm³/mol. The van der Waals surface area contributed by atoms with Gasteiger partial charge >= 0.3 is 0 Å². The first kappa shape index (κ1) is 10.8. The maximum atomic E-state index is 6.51. The molecule has 88 valence electrons. The Balaban J connectivity index is 1.82. The quantitative estimate of drug-likeness (QED) is 0.829. The molecular weight excluding hydrogens is 214 g/mol. The summed E-state index contributed by atoms with van der Waals surface area (Å²) < 4.78 is 0. The minimum Gasteiger partial charge on any atom is -0.324 e. The summed E-state index contributed by atoms with van der Waals surface area (Å²) in [5, 5.41) is 0. The van der Waals surface area contributed by atoms with Gasteiger partial charge in [-0.3, -0.25) is 0 Å². The number of aryl methyl sites for hydroxylation is 2. The van der Waals surface area contributed by atoms with E-state index in [2.05, 4.69) is 19.9 Å². The number of hydrogen-bond acceptors (Lipinski definition) is 2. The van der Waals surface area contributed by atoms with Crippen LogP contribution in [0.4, 0.5) is 0 Å². The van der Waals surface area contributed by atoms with E-state index in [9.17, 15) is 0 Å². The zero-order chi connectivity index (χ0) is 11.3. The van der Waals surface area contributed by atoms with E-state index in [1.165, 1.54) is 41.0 Å². The van der Waals surface area contributed by atoms with E-state index >= 15 is 0 Å². The number of thiophene rings is 1. The van der Waals surface area contributed by atoms with E-state index < -0.39 is 0 Å². The van der Waals surface area contributed by atoms with Crippen LogP contribution in [0.5, 0.6) is 0 Å². The summed E-state index contributed by atoms with van der Waals surface area (Å²) in [5.41, 5.74) is 7.94. The molecule has 3 rings (SSSR count). The van der Waals surface area contributed by atoms with Gasteiger partial charge in [0.05, 0.1) is 0 Å². The Bertz CT molecular complexity index is 395.